The second-order valence-electron chi connectivity index (χ2n) is 5.85. The van der Waals surface area contributed by atoms with Gasteiger partial charge in [0.05, 0.1) is 5.69 Å². The molecule has 0 radical (unpaired) electrons. The Bertz CT molecular complexity index is 560. The van der Waals surface area contributed by atoms with Crippen LogP contribution in [0.5, 0.6) is 5.75 Å². The quantitative estimate of drug-likeness (QED) is 0.715. The number of nitrogen functional groups attached to an aromatic ring is 1. The van der Waals surface area contributed by atoms with Crippen LogP contribution in [0.2, 0.25) is 0 Å². The van der Waals surface area contributed by atoms with Crippen molar-refractivity contribution in [3.05, 3.63) is 23.8 Å². The topological polar surface area (TPSA) is 107 Å². The lowest BCUT2D eigenvalue weighted by Gasteiger charge is -2.29. The predicted molar refractivity (Wildman–Crippen MR) is 84.4 cm³/mol. The Morgan fingerprint density at radius 2 is 2.05 bits per heavy atom. The largest absolute Gasteiger partial charge is 0.482 e. The summed E-state index contributed by atoms with van der Waals surface area (Å²) in [5.74, 6) is 0.0353. The van der Waals surface area contributed by atoms with Crippen molar-refractivity contribution in [1.82, 2.24) is 5.32 Å². The number of ether oxygens (including phenoxy) is 1. The molecule has 1 fully saturated rings. The van der Waals surface area contributed by atoms with Gasteiger partial charge in [-0.1, -0.05) is 19.8 Å². The van der Waals surface area contributed by atoms with Gasteiger partial charge in [0.1, 0.15) is 5.75 Å². The van der Waals surface area contributed by atoms with Crippen molar-refractivity contribution in [2.75, 3.05) is 12.3 Å². The molecule has 0 saturated heterocycles. The standard InChI is InChI=1S/C16H23N3O3/c1-10-4-2-3-5-13(10)19-16(21)11-6-7-12(17)14(8-11)22-9-15(18)20/h6-8,10,13H,2-5,9,17H2,1H3,(H2,18,20)(H,19,21). The molecule has 0 bridgehead atoms. The van der Waals surface area contributed by atoms with Gasteiger partial charge >= 0.3 is 0 Å². The zero-order valence-corrected chi connectivity index (χ0v) is 12.8. The molecule has 1 aromatic rings. The summed E-state index contributed by atoms with van der Waals surface area (Å²) in [7, 11) is 0. The van der Waals surface area contributed by atoms with Gasteiger partial charge in [0.2, 0.25) is 0 Å². The van der Waals surface area contributed by atoms with Crippen molar-refractivity contribution in [3.8, 4) is 5.75 Å². The first-order valence-corrected chi connectivity index (χ1v) is 7.59. The molecule has 2 amide bonds. The van der Waals surface area contributed by atoms with E-state index in [4.69, 9.17) is 16.2 Å². The molecule has 0 heterocycles. The Hall–Kier alpha value is -2.24. The van der Waals surface area contributed by atoms with E-state index in [0.29, 0.717) is 22.9 Å². The Balaban J connectivity index is 2.05. The molecule has 0 aliphatic heterocycles. The highest BCUT2D eigenvalue weighted by Gasteiger charge is 2.23. The minimum absolute atomic E-state index is 0.150. The zero-order valence-electron chi connectivity index (χ0n) is 12.8. The van der Waals surface area contributed by atoms with Crippen LogP contribution >= 0.6 is 0 Å². The molecule has 1 aliphatic carbocycles. The number of hydrogen-bond donors (Lipinski definition) is 3. The highest BCUT2D eigenvalue weighted by atomic mass is 16.5. The van der Waals surface area contributed by atoms with Gasteiger partial charge in [-0.3, -0.25) is 9.59 Å². The number of carbonyl (C=O) groups is 2. The van der Waals surface area contributed by atoms with Crippen molar-refractivity contribution in [3.63, 3.8) is 0 Å². The maximum atomic E-state index is 12.4. The first kappa shape index (κ1) is 16.1. The summed E-state index contributed by atoms with van der Waals surface area (Å²) < 4.78 is 5.22. The molecule has 2 unspecified atom stereocenters. The average Bonchev–Trinajstić information content (AvgIpc) is 2.48. The lowest BCUT2D eigenvalue weighted by atomic mass is 9.86. The minimum Gasteiger partial charge on any atom is -0.482 e. The molecule has 1 saturated carbocycles. The van der Waals surface area contributed by atoms with Gasteiger partial charge in [0.15, 0.2) is 6.61 Å². The number of nitrogens with two attached hydrogens (primary N) is 2. The zero-order chi connectivity index (χ0) is 16.1. The Morgan fingerprint density at radius 1 is 1.32 bits per heavy atom. The molecular formula is C16H23N3O3. The Kier molecular flexibility index (Phi) is 5.25. The monoisotopic (exact) mass is 305 g/mol. The molecular weight excluding hydrogens is 282 g/mol. The maximum Gasteiger partial charge on any atom is 0.255 e. The van der Waals surface area contributed by atoms with Crippen molar-refractivity contribution in [2.45, 2.75) is 38.6 Å². The van der Waals surface area contributed by atoms with Crippen LogP contribution < -0.4 is 21.5 Å². The number of primary amides is 1. The van der Waals surface area contributed by atoms with E-state index in [1.165, 1.54) is 6.42 Å². The van der Waals surface area contributed by atoms with Crippen LogP contribution in [0.3, 0.4) is 0 Å². The SMILES string of the molecule is CC1CCCCC1NC(=O)c1ccc(N)c(OCC(N)=O)c1. The number of hydrogen-bond acceptors (Lipinski definition) is 4. The Morgan fingerprint density at radius 3 is 2.73 bits per heavy atom. The minimum atomic E-state index is -0.592. The smallest absolute Gasteiger partial charge is 0.255 e. The number of carbonyl (C=O) groups excluding carboxylic acids is 2. The van der Waals surface area contributed by atoms with Crippen LogP contribution in [-0.4, -0.2) is 24.5 Å². The first-order valence-electron chi connectivity index (χ1n) is 7.59. The molecule has 1 aromatic carbocycles. The van der Waals surface area contributed by atoms with E-state index in [0.717, 1.165) is 19.3 Å². The van der Waals surface area contributed by atoms with Gasteiger partial charge in [-0.25, -0.2) is 0 Å². The number of benzene rings is 1. The van der Waals surface area contributed by atoms with Crippen molar-refractivity contribution >= 4 is 17.5 Å². The number of amides is 2. The van der Waals surface area contributed by atoms with E-state index in [2.05, 4.69) is 12.2 Å². The normalized spacial score (nSPS) is 21.1. The first-order chi connectivity index (χ1) is 10.5. The molecule has 2 atom stereocenters. The molecule has 0 spiro atoms. The summed E-state index contributed by atoms with van der Waals surface area (Å²) >= 11 is 0. The fourth-order valence-electron chi connectivity index (χ4n) is 2.73. The summed E-state index contributed by atoms with van der Waals surface area (Å²) in [6.07, 6.45) is 4.51. The van der Waals surface area contributed by atoms with Crippen LogP contribution in [0.1, 0.15) is 43.0 Å². The summed E-state index contributed by atoms with van der Waals surface area (Å²) in [6.45, 7) is 1.89. The van der Waals surface area contributed by atoms with Crippen molar-refractivity contribution in [1.29, 1.82) is 0 Å². The van der Waals surface area contributed by atoms with E-state index in [1.54, 1.807) is 18.2 Å². The lowest BCUT2D eigenvalue weighted by molar-refractivity contribution is -0.119. The maximum absolute atomic E-state index is 12.4. The van der Waals surface area contributed by atoms with E-state index in [9.17, 15) is 9.59 Å². The summed E-state index contributed by atoms with van der Waals surface area (Å²) in [5.41, 5.74) is 11.6. The molecule has 1 aliphatic rings. The number of rotatable bonds is 5. The fraction of sp³-hybridized carbons (Fsp3) is 0.500. The molecule has 6 nitrogen and oxygen atoms in total. The van der Waals surface area contributed by atoms with E-state index in [-0.39, 0.29) is 18.6 Å². The predicted octanol–water partition coefficient (Wildman–Crippen LogP) is 1.44. The van der Waals surface area contributed by atoms with Crippen LogP contribution in [0.25, 0.3) is 0 Å². The second-order valence-corrected chi connectivity index (χ2v) is 5.85. The van der Waals surface area contributed by atoms with Crippen LogP contribution in [-0.2, 0) is 4.79 Å². The highest BCUT2D eigenvalue weighted by molar-refractivity contribution is 5.95. The molecule has 120 valence electrons. The van der Waals surface area contributed by atoms with Crippen LogP contribution in [0, 0.1) is 5.92 Å². The van der Waals surface area contributed by atoms with Gasteiger partial charge < -0.3 is 21.5 Å². The van der Waals surface area contributed by atoms with E-state index >= 15 is 0 Å². The molecule has 6 heteroatoms. The summed E-state index contributed by atoms with van der Waals surface area (Å²) in [5, 5.41) is 3.07. The average molecular weight is 305 g/mol. The third-order valence-corrected chi connectivity index (χ3v) is 4.07. The summed E-state index contributed by atoms with van der Waals surface area (Å²) in [4.78, 5) is 23.1. The molecule has 0 aromatic heterocycles. The van der Waals surface area contributed by atoms with Crippen LogP contribution in [0.15, 0.2) is 18.2 Å². The number of nitrogens with one attached hydrogen (secondary N) is 1. The van der Waals surface area contributed by atoms with Gasteiger partial charge in [0, 0.05) is 11.6 Å². The third kappa shape index (κ3) is 4.13. The van der Waals surface area contributed by atoms with Gasteiger partial charge in [-0.05, 0) is 37.0 Å². The van der Waals surface area contributed by atoms with Crippen molar-refractivity contribution < 1.29 is 14.3 Å². The van der Waals surface area contributed by atoms with Gasteiger partial charge in [-0.15, -0.1) is 0 Å². The van der Waals surface area contributed by atoms with Crippen LogP contribution in [0.4, 0.5) is 5.69 Å². The number of anilines is 1. The lowest BCUT2D eigenvalue weighted by Crippen LogP contribution is -2.41. The Labute approximate surface area is 130 Å². The van der Waals surface area contributed by atoms with Crippen molar-refractivity contribution in [2.24, 2.45) is 11.7 Å². The van der Waals surface area contributed by atoms with E-state index in [1.807, 2.05) is 0 Å². The molecule has 22 heavy (non-hydrogen) atoms. The third-order valence-electron chi connectivity index (χ3n) is 4.07. The second kappa shape index (κ2) is 7.15. The summed E-state index contributed by atoms with van der Waals surface area (Å²) in [6, 6.07) is 4.99. The molecule has 2 rings (SSSR count). The van der Waals surface area contributed by atoms with Gasteiger partial charge in [-0.2, -0.15) is 0 Å². The van der Waals surface area contributed by atoms with E-state index < -0.39 is 5.91 Å². The highest BCUT2D eigenvalue weighted by Crippen LogP contribution is 2.25. The fourth-order valence-corrected chi connectivity index (χ4v) is 2.73. The molecule has 5 N–H and O–H groups in total. The van der Waals surface area contributed by atoms with Gasteiger partial charge in [0.25, 0.3) is 11.8 Å².